The Kier molecular flexibility index (Phi) is 3.89. The second kappa shape index (κ2) is 5.34. The molecule has 2 aliphatic carbocycles. The predicted octanol–water partition coefficient (Wildman–Crippen LogP) is 3.01. The van der Waals surface area contributed by atoms with Gasteiger partial charge in [0.2, 0.25) is 0 Å². The lowest BCUT2D eigenvalue weighted by Gasteiger charge is -2.51. The zero-order chi connectivity index (χ0) is 13.3. The van der Waals surface area contributed by atoms with Gasteiger partial charge in [0.15, 0.2) is 0 Å². The highest BCUT2D eigenvalue weighted by molar-refractivity contribution is 5.03. The zero-order valence-corrected chi connectivity index (χ0v) is 12.3. The summed E-state index contributed by atoms with van der Waals surface area (Å²) in [6, 6.07) is 0.203. The summed E-state index contributed by atoms with van der Waals surface area (Å²) in [4.78, 5) is 0. The molecule has 2 saturated carbocycles. The average molecular weight is 267 g/mol. The Morgan fingerprint density at radius 2 is 1.84 bits per heavy atom. The van der Waals surface area contributed by atoms with Crippen molar-refractivity contribution in [3.05, 3.63) is 0 Å². The average Bonchev–Trinajstić information content (AvgIpc) is 2.39. The predicted molar refractivity (Wildman–Crippen MR) is 76.1 cm³/mol. The van der Waals surface area contributed by atoms with Gasteiger partial charge in [-0.25, -0.2) is 0 Å². The first-order valence-corrected chi connectivity index (χ1v) is 8.14. The molecule has 0 amide bonds. The van der Waals surface area contributed by atoms with Crippen molar-refractivity contribution >= 4 is 0 Å². The maximum absolute atomic E-state index is 6.61. The summed E-state index contributed by atoms with van der Waals surface area (Å²) in [5, 5.41) is 0. The smallest absolute Gasteiger partial charge is 0.0831 e. The van der Waals surface area contributed by atoms with Crippen LogP contribution < -0.4 is 5.73 Å². The van der Waals surface area contributed by atoms with Crippen LogP contribution in [0.5, 0.6) is 0 Å². The summed E-state index contributed by atoms with van der Waals surface area (Å²) in [5.74, 6) is 0.590. The van der Waals surface area contributed by atoms with Crippen LogP contribution in [0.2, 0.25) is 0 Å². The molecule has 2 N–H and O–H groups in total. The topological polar surface area (TPSA) is 44.5 Å². The minimum atomic E-state index is -0.0160. The number of methoxy groups -OCH3 is 1. The minimum absolute atomic E-state index is 0.0160. The molecule has 1 saturated heterocycles. The quantitative estimate of drug-likeness (QED) is 0.855. The van der Waals surface area contributed by atoms with E-state index < -0.39 is 0 Å². The van der Waals surface area contributed by atoms with E-state index >= 15 is 0 Å². The first kappa shape index (κ1) is 13.8. The summed E-state index contributed by atoms with van der Waals surface area (Å²) in [5.41, 5.74) is 6.76. The fourth-order valence-electron chi connectivity index (χ4n) is 4.55. The summed E-state index contributed by atoms with van der Waals surface area (Å²) < 4.78 is 12.0. The van der Waals surface area contributed by atoms with Gasteiger partial charge >= 0.3 is 0 Å². The molecule has 19 heavy (non-hydrogen) atoms. The molecule has 3 aliphatic rings. The monoisotopic (exact) mass is 267 g/mol. The molecule has 2 atom stereocenters. The molecular weight excluding hydrogens is 238 g/mol. The molecule has 0 aromatic rings. The van der Waals surface area contributed by atoms with Crippen molar-refractivity contribution in [2.75, 3.05) is 13.7 Å². The van der Waals surface area contributed by atoms with E-state index in [4.69, 9.17) is 15.2 Å². The summed E-state index contributed by atoms with van der Waals surface area (Å²) in [6.45, 7) is 0.901. The Morgan fingerprint density at radius 3 is 2.42 bits per heavy atom. The lowest BCUT2D eigenvalue weighted by molar-refractivity contribution is -0.151. The normalized spacial score (nSPS) is 34.7. The third-order valence-electron chi connectivity index (χ3n) is 6.02. The summed E-state index contributed by atoms with van der Waals surface area (Å²) >= 11 is 0. The Morgan fingerprint density at radius 1 is 1.11 bits per heavy atom. The number of nitrogens with two attached hydrogens (primary N) is 1. The molecule has 110 valence electrons. The van der Waals surface area contributed by atoms with Crippen molar-refractivity contribution in [2.24, 2.45) is 11.7 Å². The molecular formula is C16H29NO2. The van der Waals surface area contributed by atoms with Crippen molar-refractivity contribution in [1.82, 2.24) is 0 Å². The van der Waals surface area contributed by atoms with Crippen molar-refractivity contribution in [2.45, 2.75) is 81.5 Å². The van der Waals surface area contributed by atoms with Crippen LogP contribution in [0.1, 0.15) is 64.2 Å². The van der Waals surface area contributed by atoms with Gasteiger partial charge < -0.3 is 15.2 Å². The van der Waals surface area contributed by atoms with Gasteiger partial charge in [-0.1, -0.05) is 19.3 Å². The van der Waals surface area contributed by atoms with E-state index in [0.717, 1.165) is 25.9 Å². The molecule has 3 heteroatoms. The number of rotatable bonds is 3. The van der Waals surface area contributed by atoms with Gasteiger partial charge in [0, 0.05) is 19.8 Å². The summed E-state index contributed by atoms with van der Waals surface area (Å²) in [6.07, 6.45) is 12.4. The highest BCUT2D eigenvalue weighted by Gasteiger charge is 2.49. The van der Waals surface area contributed by atoms with E-state index in [1.807, 2.05) is 7.11 Å². The van der Waals surface area contributed by atoms with Crippen LogP contribution >= 0.6 is 0 Å². The van der Waals surface area contributed by atoms with Crippen molar-refractivity contribution in [1.29, 1.82) is 0 Å². The Hall–Kier alpha value is -0.120. The fraction of sp³-hybridized carbons (Fsp3) is 1.00. The van der Waals surface area contributed by atoms with E-state index in [1.54, 1.807) is 0 Å². The molecule has 0 aromatic heterocycles. The van der Waals surface area contributed by atoms with Crippen LogP contribution in [0.25, 0.3) is 0 Å². The zero-order valence-electron chi connectivity index (χ0n) is 12.3. The summed E-state index contributed by atoms with van der Waals surface area (Å²) in [7, 11) is 1.84. The molecule has 1 aliphatic heterocycles. The van der Waals surface area contributed by atoms with E-state index in [-0.39, 0.29) is 17.2 Å². The molecule has 1 spiro atoms. The minimum Gasteiger partial charge on any atom is -0.377 e. The highest BCUT2D eigenvalue weighted by Crippen LogP contribution is 2.46. The van der Waals surface area contributed by atoms with Crippen LogP contribution in [-0.4, -0.2) is 31.0 Å². The lowest BCUT2D eigenvalue weighted by atomic mass is 9.66. The Labute approximate surface area is 117 Å². The lowest BCUT2D eigenvalue weighted by Crippen LogP contribution is -2.60. The standard InChI is InChI=1S/C16H29NO2/c1-18-16(9-5-10-16)14(17)13-6-11-19-15(12-13)7-3-2-4-8-15/h13-14H,2-12,17H2,1H3. The second-order valence-corrected chi connectivity index (χ2v) is 6.99. The molecule has 0 radical (unpaired) electrons. The molecule has 1 heterocycles. The molecule has 2 unspecified atom stereocenters. The van der Waals surface area contributed by atoms with Crippen molar-refractivity contribution in [3.63, 3.8) is 0 Å². The Bertz CT molecular complexity index is 297. The van der Waals surface area contributed by atoms with Crippen molar-refractivity contribution in [3.8, 4) is 0 Å². The highest BCUT2D eigenvalue weighted by atomic mass is 16.5. The van der Waals surface area contributed by atoms with E-state index in [2.05, 4.69) is 0 Å². The SMILES string of the molecule is COC1(C(N)C2CCOC3(CCCCC3)C2)CCC1. The van der Waals surface area contributed by atoms with Gasteiger partial charge in [-0.2, -0.15) is 0 Å². The third kappa shape index (κ3) is 2.45. The van der Waals surface area contributed by atoms with Crippen LogP contribution in [0.15, 0.2) is 0 Å². The number of hydrogen-bond acceptors (Lipinski definition) is 3. The van der Waals surface area contributed by atoms with Gasteiger partial charge in [-0.3, -0.25) is 0 Å². The van der Waals surface area contributed by atoms with E-state index in [9.17, 15) is 0 Å². The number of ether oxygens (including phenoxy) is 2. The maximum Gasteiger partial charge on any atom is 0.0831 e. The van der Waals surface area contributed by atoms with Crippen LogP contribution in [0.4, 0.5) is 0 Å². The third-order valence-corrected chi connectivity index (χ3v) is 6.02. The molecule has 3 nitrogen and oxygen atoms in total. The van der Waals surface area contributed by atoms with Gasteiger partial charge in [0.25, 0.3) is 0 Å². The second-order valence-electron chi connectivity index (χ2n) is 6.99. The van der Waals surface area contributed by atoms with Crippen molar-refractivity contribution < 1.29 is 9.47 Å². The van der Waals surface area contributed by atoms with Gasteiger partial charge in [0.05, 0.1) is 11.2 Å². The van der Waals surface area contributed by atoms with Crippen LogP contribution in [0.3, 0.4) is 0 Å². The van der Waals surface area contributed by atoms with Crippen LogP contribution in [0, 0.1) is 5.92 Å². The van der Waals surface area contributed by atoms with Gasteiger partial charge in [-0.15, -0.1) is 0 Å². The largest absolute Gasteiger partial charge is 0.377 e. The first-order valence-electron chi connectivity index (χ1n) is 8.14. The fourth-order valence-corrected chi connectivity index (χ4v) is 4.55. The maximum atomic E-state index is 6.61. The first-order chi connectivity index (χ1) is 9.20. The van der Waals surface area contributed by atoms with Crippen LogP contribution in [-0.2, 0) is 9.47 Å². The molecule has 0 bridgehead atoms. The number of hydrogen-bond donors (Lipinski definition) is 1. The van der Waals surface area contributed by atoms with E-state index in [1.165, 1.54) is 44.9 Å². The Balaban J connectivity index is 1.67. The van der Waals surface area contributed by atoms with Gasteiger partial charge in [0.1, 0.15) is 0 Å². The molecule has 3 fully saturated rings. The van der Waals surface area contributed by atoms with E-state index in [0.29, 0.717) is 5.92 Å². The molecule has 3 rings (SSSR count). The molecule has 0 aromatic carbocycles. The van der Waals surface area contributed by atoms with Gasteiger partial charge in [-0.05, 0) is 50.9 Å².